The van der Waals surface area contributed by atoms with Crippen LogP contribution in [0.1, 0.15) is 12.5 Å². The number of rotatable bonds is 2. The van der Waals surface area contributed by atoms with Crippen molar-refractivity contribution in [2.75, 3.05) is 6.54 Å². The van der Waals surface area contributed by atoms with Crippen molar-refractivity contribution >= 4 is 5.84 Å². The number of hydrogen-bond acceptors (Lipinski definition) is 3. The second-order valence-electron chi connectivity index (χ2n) is 2.20. The van der Waals surface area contributed by atoms with Crippen LogP contribution in [0.25, 0.3) is 0 Å². The number of nitrogens with zero attached hydrogens (tertiary/aromatic N) is 2. The molecular formula is C8H12N4. The molecule has 0 bridgehead atoms. The molecule has 4 heteroatoms. The Hall–Kier alpha value is -1.42. The molecule has 0 aliphatic heterocycles. The molecule has 1 aromatic heterocycles. The molecule has 1 aromatic rings. The van der Waals surface area contributed by atoms with Gasteiger partial charge in [-0.15, -0.1) is 0 Å². The lowest BCUT2D eigenvalue weighted by atomic mass is 10.2. The van der Waals surface area contributed by atoms with E-state index in [1.807, 2.05) is 19.1 Å². The summed E-state index contributed by atoms with van der Waals surface area (Å²) in [4.78, 5) is 8.06. The van der Waals surface area contributed by atoms with Crippen LogP contribution in [0.3, 0.4) is 0 Å². The van der Waals surface area contributed by atoms with Crippen LogP contribution >= 0.6 is 0 Å². The van der Waals surface area contributed by atoms with Crippen molar-refractivity contribution in [1.82, 2.24) is 10.4 Å². The molecule has 0 aliphatic carbocycles. The molecule has 4 nitrogen and oxygen atoms in total. The molecule has 0 spiro atoms. The predicted octanol–water partition coefficient (Wildman–Crippen LogP) is 0.311. The zero-order valence-electron chi connectivity index (χ0n) is 6.99. The molecule has 0 saturated heterocycles. The summed E-state index contributed by atoms with van der Waals surface area (Å²) in [5.74, 6) is 5.98. The van der Waals surface area contributed by atoms with Crippen LogP contribution in [0.4, 0.5) is 0 Å². The Morgan fingerprint density at radius 3 is 2.75 bits per heavy atom. The van der Waals surface area contributed by atoms with E-state index in [4.69, 9.17) is 5.84 Å². The van der Waals surface area contributed by atoms with Gasteiger partial charge >= 0.3 is 0 Å². The number of nitrogens with one attached hydrogen (secondary N) is 1. The number of amidine groups is 1. The number of hydrogen-bond donors (Lipinski definition) is 2. The number of aliphatic imine (C=N–C) groups is 1. The highest BCUT2D eigenvalue weighted by molar-refractivity contribution is 5.98. The minimum Gasteiger partial charge on any atom is -0.308 e. The molecule has 0 atom stereocenters. The van der Waals surface area contributed by atoms with E-state index in [1.165, 1.54) is 0 Å². The predicted molar refractivity (Wildman–Crippen MR) is 48.6 cm³/mol. The normalized spacial score (nSPS) is 11.3. The average molecular weight is 164 g/mol. The van der Waals surface area contributed by atoms with Gasteiger partial charge in [-0.25, -0.2) is 5.84 Å². The van der Waals surface area contributed by atoms with Crippen LogP contribution in [-0.2, 0) is 0 Å². The van der Waals surface area contributed by atoms with Gasteiger partial charge < -0.3 is 5.43 Å². The van der Waals surface area contributed by atoms with E-state index in [0.717, 1.165) is 5.56 Å². The van der Waals surface area contributed by atoms with Gasteiger partial charge in [-0.1, -0.05) is 0 Å². The summed E-state index contributed by atoms with van der Waals surface area (Å²) in [5, 5.41) is 0. The molecule has 3 N–H and O–H groups in total. The number of nitrogens with two attached hydrogens (primary N) is 1. The first-order chi connectivity index (χ1) is 5.88. The Bertz CT molecular complexity index is 255. The van der Waals surface area contributed by atoms with Gasteiger partial charge in [0.25, 0.3) is 0 Å². The highest BCUT2D eigenvalue weighted by Gasteiger charge is 1.97. The largest absolute Gasteiger partial charge is 0.308 e. The smallest absolute Gasteiger partial charge is 0.142 e. The van der Waals surface area contributed by atoms with Gasteiger partial charge in [0.15, 0.2) is 0 Å². The molecule has 1 rings (SSSR count). The van der Waals surface area contributed by atoms with E-state index < -0.39 is 0 Å². The van der Waals surface area contributed by atoms with E-state index >= 15 is 0 Å². The molecule has 64 valence electrons. The van der Waals surface area contributed by atoms with E-state index in [0.29, 0.717) is 12.4 Å². The van der Waals surface area contributed by atoms with Crippen LogP contribution in [0, 0.1) is 0 Å². The van der Waals surface area contributed by atoms with Crippen molar-refractivity contribution in [2.45, 2.75) is 6.92 Å². The van der Waals surface area contributed by atoms with Crippen LogP contribution in [0.2, 0.25) is 0 Å². The number of hydrazine groups is 1. The minimum atomic E-state index is 0.694. The molecule has 0 aliphatic rings. The Morgan fingerprint density at radius 2 is 2.25 bits per heavy atom. The topological polar surface area (TPSA) is 63.3 Å². The Labute approximate surface area is 71.5 Å². The van der Waals surface area contributed by atoms with Crippen molar-refractivity contribution in [3.05, 3.63) is 30.1 Å². The van der Waals surface area contributed by atoms with E-state index in [2.05, 4.69) is 15.4 Å². The maximum Gasteiger partial charge on any atom is 0.142 e. The molecule has 1 heterocycles. The third-order valence-corrected chi connectivity index (χ3v) is 1.41. The quantitative estimate of drug-likeness (QED) is 0.286. The van der Waals surface area contributed by atoms with Crippen LogP contribution in [0.15, 0.2) is 29.5 Å². The second-order valence-corrected chi connectivity index (χ2v) is 2.20. The Balaban J connectivity index is 2.88. The van der Waals surface area contributed by atoms with Crippen LogP contribution in [-0.4, -0.2) is 17.4 Å². The summed E-state index contributed by atoms with van der Waals surface area (Å²) in [5.41, 5.74) is 3.49. The summed E-state index contributed by atoms with van der Waals surface area (Å²) >= 11 is 0. The number of aromatic nitrogens is 1. The Morgan fingerprint density at radius 1 is 1.58 bits per heavy atom. The van der Waals surface area contributed by atoms with E-state index in [9.17, 15) is 0 Å². The highest BCUT2D eigenvalue weighted by Crippen LogP contribution is 1.96. The first-order valence-electron chi connectivity index (χ1n) is 3.80. The molecule has 0 amide bonds. The summed E-state index contributed by atoms with van der Waals surface area (Å²) in [6, 6.07) is 3.71. The average Bonchev–Trinajstić information content (AvgIpc) is 2.15. The molecule has 0 unspecified atom stereocenters. The fourth-order valence-electron chi connectivity index (χ4n) is 0.888. The van der Waals surface area contributed by atoms with Gasteiger partial charge in [0.2, 0.25) is 0 Å². The molecule has 0 fully saturated rings. The van der Waals surface area contributed by atoms with Crippen molar-refractivity contribution in [3.8, 4) is 0 Å². The summed E-state index contributed by atoms with van der Waals surface area (Å²) in [6.07, 6.45) is 3.41. The zero-order valence-corrected chi connectivity index (χ0v) is 6.99. The summed E-state index contributed by atoms with van der Waals surface area (Å²) < 4.78 is 0. The first kappa shape index (κ1) is 8.67. The standard InChI is InChI=1S/C8H12N4/c1-2-11-8(12-9)7-3-5-10-6-4-7/h3-6H,2,9H2,1H3,(H,11,12). The van der Waals surface area contributed by atoms with Crippen molar-refractivity contribution in [1.29, 1.82) is 0 Å². The van der Waals surface area contributed by atoms with Gasteiger partial charge in [0, 0.05) is 24.5 Å². The molecule has 0 radical (unpaired) electrons. The third kappa shape index (κ3) is 2.03. The van der Waals surface area contributed by atoms with Gasteiger partial charge in [0.05, 0.1) is 0 Å². The SMILES string of the molecule is CCN=C(NN)c1ccncc1. The summed E-state index contributed by atoms with van der Waals surface area (Å²) in [6.45, 7) is 2.67. The monoisotopic (exact) mass is 164 g/mol. The van der Waals surface area contributed by atoms with E-state index in [1.54, 1.807) is 12.4 Å². The van der Waals surface area contributed by atoms with Gasteiger partial charge in [-0.05, 0) is 19.1 Å². The van der Waals surface area contributed by atoms with Crippen molar-refractivity contribution in [3.63, 3.8) is 0 Å². The molecular weight excluding hydrogens is 152 g/mol. The Kier molecular flexibility index (Phi) is 3.22. The first-order valence-corrected chi connectivity index (χ1v) is 3.80. The van der Waals surface area contributed by atoms with Crippen molar-refractivity contribution < 1.29 is 0 Å². The lowest BCUT2D eigenvalue weighted by molar-refractivity contribution is 0.990. The van der Waals surface area contributed by atoms with Gasteiger partial charge in [0.1, 0.15) is 5.84 Å². The van der Waals surface area contributed by atoms with E-state index in [-0.39, 0.29) is 0 Å². The zero-order chi connectivity index (χ0) is 8.81. The third-order valence-electron chi connectivity index (χ3n) is 1.41. The molecule has 0 saturated carbocycles. The lowest BCUT2D eigenvalue weighted by Gasteiger charge is -2.03. The highest BCUT2D eigenvalue weighted by atomic mass is 15.2. The van der Waals surface area contributed by atoms with Gasteiger partial charge in [-0.2, -0.15) is 0 Å². The summed E-state index contributed by atoms with van der Waals surface area (Å²) in [7, 11) is 0. The molecule has 12 heavy (non-hydrogen) atoms. The fraction of sp³-hybridized carbons (Fsp3) is 0.250. The maximum atomic E-state index is 5.29. The lowest BCUT2D eigenvalue weighted by Crippen LogP contribution is -2.31. The minimum absolute atomic E-state index is 0.694. The second kappa shape index (κ2) is 4.46. The number of pyridine rings is 1. The maximum absolute atomic E-state index is 5.29. The molecule has 0 aromatic carbocycles. The van der Waals surface area contributed by atoms with Crippen LogP contribution in [0.5, 0.6) is 0 Å². The van der Waals surface area contributed by atoms with Gasteiger partial charge in [-0.3, -0.25) is 9.98 Å². The fourth-order valence-corrected chi connectivity index (χ4v) is 0.888. The van der Waals surface area contributed by atoms with Crippen LogP contribution < -0.4 is 11.3 Å². The van der Waals surface area contributed by atoms with Crippen molar-refractivity contribution in [2.24, 2.45) is 10.8 Å².